The molecule has 0 spiro atoms. The molecule has 0 aromatic heterocycles. The van der Waals surface area contributed by atoms with Crippen LogP contribution in [0.4, 0.5) is 0 Å². The highest BCUT2D eigenvalue weighted by molar-refractivity contribution is 8.18. The number of hydrogen-bond donors (Lipinski definition) is 3. The zero-order valence-electron chi connectivity index (χ0n) is 13.4. The van der Waals surface area contributed by atoms with E-state index in [4.69, 9.17) is 9.92 Å². The van der Waals surface area contributed by atoms with Crippen LogP contribution in [0.1, 0.15) is 34.6 Å². The molecule has 1 aliphatic heterocycles. The lowest BCUT2D eigenvalue weighted by atomic mass is 10.1. The molecule has 20 heavy (non-hydrogen) atoms. The van der Waals surface area contributed by atoms with Crippen LogP contribution in [0.15, 0.2) is 10.4 Å². The normalized spacial score (nSPS) is 24.6. The molecule has 0 bridgehead atoms. The average Bonchev–Trinajstić information content (AvgIpc) is 2.58. The van der Waals surface area contributed by atoms with Crippen molar-refractivity contribution < 1.29 is 9.32 Å². The van der Waals surface area contributed by atoms with E-state index in [0.717, 1.165) is 0 Å². The van der Waals surface area contributed by atoms with Crippen molar-refractivity contribution in [1.29, 1.82) is 4.78 Å². The lowest BCUT2D eigenvalue weighted by Crippen LogP contribution is -2.59. The van der Waals surface area contributed by atoms with Crippen LogP contribution in [0.3, 0.4) is 0 Å². The third-order valence-electron chi connectivity index (χ3n) is 4.11. The van der Waals surface area contributed by atoms with E-state index < -0.39 is 23.8 Å². The van der Waals surface area contributed by atoms with Crippen LogP contribution < -0.4 is 5.14 Å². The Morgan fingerprint density at radius 1 is 1.40 bits per heavy atom. The Balaban J connectivity index is 3.34. The first-order valence-electron chi connectivity index (χ1n) is 6.54. The highest BCUT2D eigenvalue weighted by atomic mass is 32.3. The van der Waals surface area contributed by atoms with Gasteiger partial charge in [0.2, 0.25) is 0 Å². The second kappa shape index (κ2) is 5.01. The van der Waals surface area contributed by atoms with E-state index in [0.29, 0.717) is 4.24 Å². The van der Waals surface area contributed by atoms with Crippen LogP contribution in [0.25, 0.3) is 0 Å². The molecular weight excluding hydrogens is 310 g/mol. The summed E-state index contributed by atoms with van der Waals surface area (Å²) >= 11 is 1.26. The monoisotopic (exact) mass is 337 g/mol. The van der Waals surface area contributed by atoms with Gasteiger partial charge in [-0.25, -0.2) is 14.1 Å². The van der Waals surface area contributed by atoms with E-state index in [1.807, 2.05) is 0 Å². The molecule has 0 aromatic rings. The van der Waals surface area contributed by atoms with Crippen molar-refractivity contribution >= 4 is 29.9 Å². The maximum absolute atomic E-state index is 11.8. The van der Waals surface area contributed by atoms with Gasteiger partial charge in [-0.3, -0.25) is 0 Å². The maximum Gasteiger partial charge on any atom is 0.156 e. The molecule has 118 valence electrons. The summed E-state index contributed by atoms with van der Waals surface area (Å²) in [5.74, 6) is 0. The SMILES string of the molecule is CC(C)(O)C1SC(S(=N)(N)=O)=CN1[Si](C)(C)C(C)(C)C. The lowest BCUT2D eigenvalue weighted by Gasteiger charge is -2.49. The largest absolute Gasteiger partial charge is 0.388 e. The Morgan fingerprint density at radius 3 is 2.15 bits per heavy atom. The van der Waals surface area contributed by atoms with Gasteiger partial charge in [-0.2, -0.15) is 0 Å². The fraction of sp³-hybridized carbons (Fsp3) is 0.833. The summed E-state index contributed by atoms with van der Waals surface area (Å²) in [5.41, 5.74) is -0.969. The molecule has 0 radical (unpaired) electrons. The number of nitrogens with zero attached hydrogens (tertiary/aromatic N) is 1. The molecule has 0 fully saturated rings. The Morgan fingerprint density at radius 2 is 1.85 bits per heavy atom. The van der Waals surface area contributed by atoms with Gasteiger partial charge in [-0.15, -0.1) is 0 Å². The van der Waals surface area contributed by atoms with Gasteiger partial charge in [-0.05, 0) is 18.9 Å². The Bertz CT molecular complexity index is 516. The quantitative estimate of drug-likeness (QED) is 0.691. The Labute approximate surface area is 128 Å². The molecule has 8 heteroatoms. The summed E-state index contributed by atoms with van der Waals surface area (Å²) in [7, 11) is -5.19. The van der Waals surface area contributed by atoms with Crippen LogP contribution in [0, 0.1) is 4.78 Å². The van der Waals surface area contributed by atoms with Crippen LogP contribution in [-0.4, -0.2) is 33.1 Å². The topological polar surface area (TPSA) is 90.4 Å². The standard InChI is InChI=1S/C12H27N3O2S2Si/c1-11(2,3)20(6,7)15-8-9(19(13,14)17)18-10(15)12(4,5)16/h8,10,16H,1-7H3,(H3,13,14,17). The van der Waals surface area contributed by atoms with Gasteiger partial charge in [-0.1, -0.05) is 45.6 Å². The van der Waals surface area contributed by atoms with Gasteiger partial charge in [0.25, 0.3) is 0 Å². The summed E-state index contributed by atoms with van der Waals surface area (Å²) in [6.07, 6.45) is 1.75. The third-order valence-corrected chi connectivity index (χ3v) is 12.7. The summed E-state index contributed by atoms with van der Waals surface area (Å²) in [6, 6.07) is 0. The minimum Gasteiger partial charge on any atom is -0.388 e. The molecule has 0 saturated carbocycles. The molecule has 0 saturated heterocycles. The van der Waals surface area contributed by atoms with E-state index in [1.54, 1.807) is 20.0 Å². The molecule has 1 rings (SSSR count). The van der Waals surface area contributed by atoms with E-state index in [2.05, 4.69) is 38.4 Å². The zero-order valence-corrected chi connectivity index (χ0v) is 16.0. The highest BCUT2D eigenvalue weighted by Gasteiger charge is 2.50. The maximum atomic E-state index is 11.8. The Kier molecular flexibility index (Phi) is 4.52. The number of aliphatic hydroxyl groups is 1. The molecule has 5 nitrogen and oxygen atoms in total. The van der Waals surface area contributed by atoms with Crippen LogP contribution in [0.5, 0.6) is 0 Å². The van der Waals surface area contributed by atoms with Gasteiger partial charge >= 0.3 is 0 Å². The second-order valence-corrected chi connectivity index (χ2v) is 15.5. The van der Waals surface area contributed by atoms with Gasteiger partial charge in [0.05, 0.1) is 5.60 Å². The molecule has 2 unspecified atom stereocenters. The number of nitrogens with two attached hydrogens (primary N) is 1. The molecule has 1 heterocycles. The summed E-state index contributed by atoms with van der Waals surface area (Å²) in [4.78, 5) is 0. The molecule has 0 amide bonds. The zero-order chi connectivity index (χ0) is 16.1. The van der Waals surface area contributed by atoms with Crippen molar-refractivity contribution in [3.63, 3.8) is 0 Å². The highest BCUT2D eigenvalue weighted by Crippen LogP contribution is 2.48. The van der Waals surface area contributed by atoms with Crippen LogP contribution in [0.2, 0.25) is 18.1 Å². The van der Waals surface area contributed by atoms with Crippen molar-refractivity contribution in [2.75, 3.05) is 0 Å². The number of rotatable bonds is 3. The number of nitrogens with one attached hydrogen (secondary N) is 1. The van der Waals surface area contributed by atoms with Gasteiger partial charge < -0.3 is 9.67 Å². The summed E-state index contributed by atoms with van der Waals surface area (Å²) in [6.45, 7) is 14.4. The second-order valence-electron chi connectivity index (χ2n) is 7.39. The molecule has 1 aliphatic rings. The van der Waals surface area contributed by atoms with Crippen LogP contribution in [-0.2, 0) is 9.92 Å². The third kappa shape index (κ3) is 3.41. The molecule has 2 atom stereocenters. The van der Waals surface area contributed by atoms with E-state index in [1.165, 1.54) is 11.8 Å². The van der Waals surface area contributed by atoms with Crippen LogP contribution >= 0.6 is 11.8 Å². The number of hydrogen-bond acceptors (Lipinski definition) is 5. The smallest absolute Gasteiger partial charge is 0.156 e. The fourth-order valence-electron chi connectivity index (χ4n) is 1.85. The van der Waals surface area contributed by atoms with Gasteiger partial charge in [0.1, 0.15) is 19.5 Å². The first-order chi connectivity index (χ1) is 8.58. The number of thioether (sulfide) groups is 1. The molecule has 0 aromatic carbocycles. The Hall–Kier alpha value is -0.0231. The predicted molar refractivity (Wildman–Crippen MR) is 89.8 cm³/mol. The van der Waals surface area contributed by atoms with Crippen molar-refractivity contribution in [2.24, 2.45) is 5.14 Å². The lowest BCUT2D eigenvalue weighted by molar-refractivity contribution is 0.0524. The van der Waals surface area contributed by atoms with E-state index in [9.17, 15) is 9.32 Å². The van der Waals surface area contributed by atoms with Crippen molar-refractivity contribution in [2.45, 2.75) is 63.7 Å². The molecule has 0 aliphatic carbocycles. The molecular formula is C12H27N3O2S2Si. The van der Waals surface area contributed by atoms with E-state index in [-0.39, 0.29) is 10.4 Å². The predicted octanol–water partition coefficient (Wildman–Crippen LogP) is 2.86. The van der Waals surface area contributed by atoms with Crippen molar-refractivity contribution in [1.82, 2.24) is 4.57 Å². The van der Waals surface area contributed by atoms with Crippen molar-refractivity contribution in [3.05, 3.63) is 10.4 Å². The summed E-state index contributed by atoms with van der Waals surface area (Å²) < 4.78 is 21.9. The van der Waals surface area contributed by atoms with Crippen molar-refractivity contribution in [3.8, 4) is 0 Å². The van der Waals surface area contributed by atoms with Gasteiger partial charge in [0.15, 0.2) is 8.24 Å². The average molecular weight is 338 g/mol. The summed E-state index contributed by atoms with van der Waals surface area (Å²) in [5, 5.41) is 15.7. The first-order valence-corrected chi connectivity index (χ1v) is 12.0. The van der Waals surface area contributed by atoms with E-state index >= 15 is 0 Å². The minimum absolute atomic E-state index is 0.0700. The fourth-order valence-corrected chi connectivity index (χ4v) is 7.09. The van der Waals surface area contributed by atoms with Gasteiger partial charge in [0, 0.05) is 6.20 Å². The first kappa shape index (κ1) is 18.0. The molecule has 4 N–H and O–H groups in total. The minimum atomic E-state index is -3.24.